The molecule has 0 atom stereocenters. The number of phenolic OH excluding ortho intramolecular Hbond substituents is 1. The number of hydrogen-bond acceptors (Lipinski definition) is 3. The van der Waals surface area contributed by atoms with Crippen molar-refractivity contribution in [3.8, 4) is 45.3 Å². The molecule has 2 aromatic heterocycles. The highest BCUT2D eigenvalue weighted by Gasteiger charge is 2.22. The molecule has 0 aliphatic carbocycles. The van der Waals surface area contributed by atoms with Crippen molar-refractivity contribution in [2.75, 3.05) is 0 Å². The first-order chi connectivity index (χ1) is 21.4. The molecule has 0 aliphatic rings. The average Bonchev–Trinajstić information content (AvgIpc) is 3.44. The van der Waals surface area contributed by atoms with E-state index in [4.69, 9.17) is 9.97 Å². The number of nitrogens with zero attached hydrogens (tertiary/aromatic N) is 3. The van der Waals surface area contributed by atoms with Gasteiger partial charge in [0.05, 0.1) is 28.1 Å². The molecule has 0 unspecified atom stereocenters. The third-order valence-electron chi connectivity index (χ3n) is 8.46. The topological polar surface area (TPSA) is 50.9 Å². The first kappa shape index (κ1) is 27.6. The molecule has 0 saturated heterocycles. The van der Waals surface area contributed by atoms with Crippen LogP contribution in [0.5, 0.6) is 5.75 Å². The molecule has 4 nitrogen and oxygen atoms in total. The lowest BCUT2D eigenvalue weighted by Gasteiger charge is -2.22. The van der Waals surface area contributed by atoms with Crippen LogP contribution < -0.4 is 0 Å². The Morgan fingerprint density at radius 2 is 1.25 bits per heavy atom. The fraction of sp³-hybridized carbons (Fsp3) is 0.150. The lowest BCUT2D eigenvalue weighted by atomic mass is 9.92. The average molecular weight is 574 g/mol. The number of aromatic nitrogens is 3. The highest BCUT2D eigenvalue weighted by molar-refractivity contribution is 5.99. The van der Waals surface area contributed by atoms with Gasteiger partial charge in [-0.3, -0.25) is 4.57 Å². The molecule has 0 spiro atoms. The van der Waals surface area contributed by atoms with E-state index in [1.54, 1.807) is 6.07 Å². The SMILES string of the molecule is CC(C)c1cccc(C(C)C)c1-n1c(-c2cccc(-c3cccc(-c4c(O)ccc5ccccc45)n3)c2)nc2ccccc21. The predicted molar refractivity (Wildman–Crippen MR) is 183 cm³/mol. The van der Waals surface area contributed by atoms with Gasteiger partial charge < -0.3 is 5.11 Å². The van der Waals surface area contributed by atoms with Gasteiger partial charge in [0.25, 0.3) is 0 Å². The highest BCUT2D eigenvalue weighted by atomic mass is 16.3. The van der Waals surface area contributed by atoms with Gasteiger partial charge in [-0.25, -0.2) is 9.97 Å². The summed E-state index contributed by atoms with van der Waals surface area (Å²) < 4.78 is 2.36. The fourth-order valence-corrected chi connectivity index (χ4v) is 6.30. The summed E-state index contributed by atoms with van der Waals surface area (Å²) in [6.45, 7) is 9.03. The molecule has 0 bridgehead atoms. The van der Waals surface area contributed by atoms with Gasteiger partial charge in [0.15, 0.2) is 0 Å². The van der Waals surface area contributed by atoms with Crippen molar-refractivity contribution >= 4 is 21.8 Å². The first-order valence-corrected chi connectivity index (χ1v) is 15.3. The maximum absolute atomic E-state index is 10.9. The smallest absolute Gasteiger partial charge is 0.145 e. The zero-order valence-electron chi connectivity index (χ0n) is 25.5. The monoisotopic (exact) mass is 573 g/mol. The molecule has 1 N–H and O–H groups in total. The van der Waals surface area contributed by atoms with E-state index in [1.165, 1.54) is 16.8 Å². The van der Waals surface area contributed by atoms with Crippen LogP contribution in [0, 0.1) is 0 Å². The molecule has 0 aliphatic heterocycles. The van der Waals surface area contributed by atoms with Crippen LogP contribution in [-0.4, -0.2) is 19.6 Å². The van der Waals surface area contributed by atoms with Crippen molar-refractivity contribution in [1.82, 2.24) is 14.5 Å². The van der Waals surface area contributed by atoms with Crippen molar-refractivity contribution < 1.29 is 5.11 Å². The number of rotatable bonds is 6. The number of para-hydroxylation sites is 3. The quantitative estimate of drug-likeness (QED) is 0.215. The molecule has 7 aromatic rings. The third kappa shape index (κ3) is 4.73. The van der Waals surface area contributed by atoms with Crippen LogP contribution in [-0.2, 0) is 0 Å². The second-order valence-corrected chi connectivity index (χ2v) is 12.0. The van der Waals surface area contributed by atoms with E-state index in [0.29, 0.717) is 11.8 Å². The predicted octanol–water partition coefficient (Wildman–Crippen LogP) is 10.5. The number of hydrogen-bond donors (Lipinski definition) is 1. The van der Waals surface area contributed by atoms with Gasteiger partial charge in [-0.05, 0) is 70.1 Å². The summed E-state index contributed by atoms with van der Waals surface area (Å²) in [7, 11) is 0. The molecule has 7 rings (SSSR count). The second kappa shape index (κ2) is 11.1. The molecule has 0 saturated carbocycles. The Hall–Kier alpha value is -5.22. The van der Waals surface area contributed by atoms with Gasteiger partial charge in [0, 0.05) is 16.7 Å². The molecule has 5 aromatic carbocycles. The van der Waals surface area contributed by atoms with Gasteiger partial charge in [-0.1, -0.05) is 113 Å². The van der Waals surface area contributed by atoms with Crippen LogP contribution in [0.1, 0.15) is 50.7 Å². The second-order valence-electron chi connectivity index (χ2n) is 12.0. The summed E-state index contributed by atoms with van der Waals surface area (Å²) in [5.41, 5.74) is 10.2. The van der Waals surface area contributed by atoms with Gasteiger partial charge >= 0.3 is 0 Å². The van der Waals surface area contributed by atoms with E-state index in [9.17, 15) is 5.11 Å². The maximum atomic E-state index is 10.9. The Bertz CT molecular complexity index is 2130. The summed E-state index contributed by atoms with van der Waals surface area (Å²) in [5, 5.41) is 12.9. The van der Waals surface area contributed by atoms with Crippen LogP contribution in [0.3, 0.4) is 0 Å². The Labute approximate surface area is 258 Å². The highest BCUT2D eigenvalue weighted by Crippen LogP contribution is 2.39. The zero-order chi connectivity index (χ0) is 30.4. The number of pyridine rings is 1. The Kier molecular flexibility index (Phi) is 6.98. The molecule has 0 amide bonds. The van der Waals surface area contributed by atoms with Crippen molar-refractivity contribution in [3.05, 3.63) is 132 Å². The van der Waals surface area contributed by atoms with E-state index in [0.717, 1.165) is 55.7 Å². The third-order valence-corrected chi connectivity index (χ3v) is 8.46. The van der Waals surface area contributed by atoms with Crippen LogP contribution in [0.2, 0.25) is 0 Å². The van der Waals surface area contributed by atoms with Crippen molar-refractivity contribution in [1.29, 1.82) is 0 Å². The summed E-state index contributed by atoms with van der Waals surface area (Å²) in [6, 6.07) is 41.3. The largest absolute Gasteiger partial charge is 0.507 e. The molecular weight excluding hydrogens is 538 g/mol. The summed E-state index contributed by atoms with van der Waals surface area (Å²) in [6.07, 6.45) is 0. The van der Waals surface area contributed by atoms with E-state index >= 15 is 0 Å². The van der Waals surface area contributed by atoms with Gasteiger partial charge in [0.2, 0.25) is 0 Å². The molecular formula is C40H35N3O. The van der Waals surface area contributed by atoms with E-state index < -0.39 is 0 Å². The van der Waals surface area contributed by atoms with E-state index in [-0.39, 0.29) is 5.75 Å². The molecule has 216 valence electrons. The van der Waals surface area contributed by atoms with Gasteiger partial charge in [0.1, 0.15) is 11.6 Å². The number of aromatic hydroxyl groups is 1. The Morgan fingerprint density at radius 3 is 2.05 bits per heavy atom. The molecule has 0 fully saturated rings. The fourth-order valence-electron chi connectivity index (χ4n) is 6.30. The summed E-state index contributed by atoms with van der Waals surface area (Å²) in [4.78, 5) is 10.3. The normalized spacial score (nSPS) is 11.7. The van der Waals surface area contributed by atoms with Crippen molar-refractivity contribution in [2.45, 2.75) is 39.5 Å². The van der Waals surface area contributed by atoms with Crippen molar-refractivity contribution in [2.24, 2.45) is 0 Å². The summed E-state index contributed by atoms with van der Waals surface area (Å²) in [5.74, 6) is 1.83. The molecule has 2 heterocycles. The molecule has 4 heteroatoms. The van der Waals surface area contributed by atoms with Crippen LogP contribution in [0.25, 0.3) is 61.4 Å². The first-order valence-electron chi connectivity index (χ1n) is 15.3. The minimum atomic E-state index is 0.223. The van der Waals surface area contributed by atoms with Crippen LogP contribution in [0.4, 0.5) is 0 Å². The standard InChI is InChI=1S/C40H35N3O/c1-25(2)30-16-10-17-31(26(3)4)39(30)43-36-21-8-7-18-34(36)42-40(43)29-14-9-13-28(24-29)33-19-11-20-35(41-33)38-32-15-6-5-12-27(32)22-23-37(38)44/h5-26,44H,1-4H3. The number of fused-ring (bicyclic) bond motifs is 2. The lowest BCUT2D eigenvalue weighted by molar-refractivity contribution is 0.478. The van der Waals surface area contributed by atoms with Gasteiger partial charge in [-0.2, -0.15) is 0 Å². The number of imidazole rings is 1. The molecule has 0 radical (unpaired) electrons. The summed E-state index contributed by atoms with van der Waals surface area (Å²) >= 11 is 0. The molecule has 44 heavy (non-hydrogen) atoms. The van der Waals surface area contributed by atoms with Crippen LogP contribution in [0.15, 0.2) is 121 Å². The van der Waals surface area contributed by atoms with E-state index in [1.807, 2.05) is 42.5 Å². The van der Waals surface area contributed by atoms with E-state index in [2.05, 4.69) is 105 Å². The zero-order valence-corrected chi connectivity index (χ0v) is 25.5. The lowest BCUT2D eigenvalue weighted by Crippen LogP contribution is -2.08. The minimum Gasteiger partial charge on any atom is -0.507 e. The Morgan fingerprint density at radius 1 is 0.591 bits per heavy atom. The number of benzene rings is 5. The number of phenols is 1. The Balaban J connectivity index is 1.42. The minimum absolute atomic E-state index is 0.223. The van der Waals surface area contributed by atoms with Crippen molar-refractivity contribution in [3.63, 3.8) is 0 Å². The van der Waals surface area contributed by atoms with Gasteiger partial charge in [-0.15, -0.1) is 0 Å². The van der Waals surface area contributed by atoms with Crippen LogP contribution >= 0.6 is 0 Å². The maximum Gasteiger partial charge on any atom is 0.145 e.